The van der Waals surface area contributed by atoms with Crippen LogP contribution in [0.3, 0.4) is 0 Å². The molecule has 0 amide bonds. The number of hydrogen-bond acceptors (Lipinski definition) is 0. The summed E-state index contributed by atoms with van der Waals surface area (Å²) in [5.74, 6) is 0. The van der Waals surface area contributed by atoms with E-state index in [0.717, 1.165) is 11.4 Å². The standard InChI is InChI=1S/C54H36N2/c1-4-12-37(13-5-1)39-20-22-41(23-21-39)44-26-31-48-50-35-43(28-33-53(50)56(54(48)36-44)45-16-8-3-9-17-45)42-27-32-52-49(34-42)47-18-10-11-19-51(47)55(52)46-29-24-40(25-30-46)38-14-6-2-7-15-38/h1-36H. The Kier molecular flexibility index (Phi) is 7.53. The van der Waals surface area contributed by atoms with Gasteiger partial charge >= 0.3 is 0 Å². The zero-order valence-electron chi connectivity index (χ0n) is 30.7. The van der Waals surface area contributed by atoms with Crippen LogP contribution in [0.1, 0.15) is 0 Å². The second kappa shape index (κ2) is 13.2. The second-order valence-electron chi connectivity index (χ2n) is 14.6. The third kappa shape index (κ3) is 5.34. The molecule has 11 aromatic rings. The van der Waals surface area contributed by atoms with Crippen LogP contribution in [0.4, 0.5) is 0 Å². The molecule has 0 fully saturated rings. The molecule has 0 aliphatic heterocycles. The van der Waals surface area contributed by atoms with Gasteiger partial charge < -0.3 is 9.13 Å². The third-order valence-corrected chi connectivity index (χ3v) is 11.3. The fraction of sp³-hybridized carbons (Fsp3) is 0. The van der Waals surface area contributed by atoms with Gasteiger partial charge in [-0.3, -0.25) is 0 Å². The Hall–Kier alpha value is -7.42. The Morgan fingerprint density at radius 3 is 1.14 bits per heavy atom. The smallest absolute Gasteiger partial charge is 0.0547 e. The molecule has 262 valence electrons. The highest BCUT2D eigenvalue weighted by Crippen LogP contribution is 2.40. The van der Waals surface area contributed by atoms with Crippen LogP contribution in [0.5, 0.6) is 0 Å². The van der Waals surface area contributed by atoms with E-state index < -0.39 is 0 Å². The molecule has 0 spiro atoms. The van der Waals surface area contributed by atoms with E-state index in [1.165, 1.54) is 88.1 Å². The van der Waals surface area contributed by atoms with E-state index in [4.69, 9.17) is 0 Å². The third-order valence-electron chi connectivity index (χ3n) is 11.3. The largest absolute Gasteiger partial charge is 0.309 e. The van der Waals surface area contributed by atoms with Gasteiger partial charge in [0.2, 0.25) is 0 Å². The highest BCUT2D eigenvalue weighted by Gasteiger charge is 2.17. The fourth-order valence-electron chi connectivity index (χ4n) is 8.59. The van der Waals surface area contributed by atoms with Crippen LogP contribution in [0.25, 0.3) is 99.5 Å². The predicted octanol–water partition coefficient (Wildman–Crippen LogP) is 14.5. The van der Waals surface area contributed by atoms with Crippen LogP contribution in [0.2, 0.25) is 0 Å². The maximum Gasteiger partial charge on any atom is 0.0547 e. The maximum absolute atomic E-state index is 2.41. The van der Waals surface area contributed by atoms with Gasteiger partial charge in [-0.05, 0) is 105 Å². The normalized spacial score (nSPS) is 11.6. The highest BCUT2D eigenvalue weighted by molar-refractivity contribution is 6.13. The molecule has 2 heterocycles. The van der Waals surface area contributed by atoms with Gasteiger partial charge in [0, 0.05) is 32.9 Å². The molecule has 0 aliphatic carbocycles. The molecular weight excluding hydrogens is 677 g/mol. The quantitative estimate of drug-likeness (QED) is 0.162. The van der Waals surface area contributed by atoms with Crippen molar-refractivity contribution in [3.05, 3.63) is 218 Å². The number of para-hydroxylation sites is 2. The molecule has 0 N–H and O–H groups in total. The summed E-state index contributed by atoms with van der Waals surface area (Å²) in [4.78, 5) is 0. The molecule has 2 nitrogen and oxygen atoms in total. The van der Waals surface area contributed by atoms with E-state index in [2.05, 4.69) is 228 Å². The molecule has 0 saturated carbocycles. The average Bonchev–Trinajstić information content (AvgIpc) is 3.79. The first-order chi connectivity index (χ1) is 27.8. The maximum atomic E-state index is 2.41. The molecule has 0 unspecified atom stereocenters. The number of benzene rings is 9. The van der Waals surface area contributed by atoms with Gasteiger partial charge in [0.15, 0.2) is 0 Å². The molecular formula is C54H36N2. The first-order valence-electron chi connectivity index (χ1n) is 19.3. The summed E-state index contributed by atoms with van der Waals surface area (Å²) in [6.07, 6.45) is 0. The summed E-state index contributed by atoms with van der Waals surface area (Å²) >= 11 is 0. The zero-order chi connectivity index (χ0) is 37.0. The molecule has 0 radical (unpaired) electrons. The SMILES string of the molecule is c1ccc(-c2ccc(-c3ccc4c5cc(-c6ccc7c(c6)c6ccccc6n7-c6ccc(-c7ccccc7)cc6)ccc5n(-c5ccccc5)c4c3)cc2)cc1. The summed E-state index contributed by atoms with van der Waals surface area (Å²) in [5.41, 5.74) is 16.8. The van der Waals surface area contributed by atoms with Crippen molar-refractivity contribution in [2.24, 2.45) is 0 Å². The first-order valence-corrected chi connectivity index (χ1v) is 19.3. The lowest BCUT2D eigenvalue weighted by molar-refractivity contribution is 1.18. The van der Waals surface area contributed by atoms with Gasteiger partial charge in [-0.2, -0.15) is 0 Å². The number of aromatic nitrogens is 2. The molecule has 2 aromatic heterocycles. The minimum atomic E-state index is 1.16. The van der Waals surface area contributed by atoms with Crippen LogP contribution < -0.4 is 0 Å². The summed E-state index contributed by atoms with van der Waals surface area (Å²) in [6, 6.07) is 79.4. The number of hydrogen-bond donors (Lipinski definition) is 0. The molecule has 11 rings (SSSR count). The molecule has 0 aliphatic rings. The van der Waals surface area contributed by atoms with Gasteiger partial charge in [-0.15, -0.1) is 0 Å². The molecule has 9 aromatic carbocycles. The number of fused-ring (bicyclic) bond motifs is 6. The van der Waals surface area contributed by atoms with Crippen molar-refractivity contribution in [2.75, 3.05) is 0 Å². The minimum absolute atomic E-state index is 1.16. The summed E-state index contributed by atoms with van der Waals surface area (Å²) in [7, 11) is 0. The number of nitrogens with zero attached hydrogens (tertiary/aromatic N) is 2. The van der Waals surface area contributed by atoms with Gasteiger partial charge in [0.05, 0.1) is 22.1 Å². The summed E-state index contributed by atoms with van der Waals surface area (Å²) < 4.78 is 4.81. The van der Waals surface area contributed by atoms with Crippen molar-refractivity contribution in [3.8, 4) is 55.9 Å². The van der Waals surface area contributed by atoms with Crippen LogP contribution in [0.15, 0.2) is 218 Å². The molecule has 0 bridgehead atoms. The Bertz CT molecular complexity index is 3190. The van der Waals surface area contributed by atoms with E-state index >= 15 is 0 Å². The molecule has 56 heavy (non-hydrogen) atoms. The first kappa shape index (κ1) is 32.0. The van der Waals surface area contributed by atoms with Crippen LogP contribution in [0, 0.1) is 0 Å². The molecule has 2 heteroatoms. The molecule has 0 atom stereocenters. The van der Waals surface area contributed by atoms with Crippen LogP contribution in [-0.4, -0.2) is 9.13 Å². The van der Waals surface area contributed by atoms with Gasteiger partial charge in [-0.25, -0.2) is 0 Å². The van der Waals surface area contributed by atoms with Crippen molar-refractivity contribution < 1.29 is 0 Å². The lowest BCUT2D eigenvalue weighted by atomic mass is 9.98. The van der Waals surface area contributed by atoms with E-state index in [1.807, 2.05) is 0 Å². The van der Waals surface area contributed by atoms with E-state index in [9.17, 15) is 0 Å². The van der Waals surface area contributed by atoms with Gasteiger partial charge in [-0.1, -0.05) is 158 Å². The van der Waals surface area contributed by atoms with E-state index in [1.54, 1.807) is 0 Å². The Morgan fingerprint density at radius 2 is 0.554 bits per heavy atom. The van der Waals surface area contributed by atoms with Crippen LogP contribution in [-0.2, 0) is 0 Å². The highest BCUT2D eigenvalue weighted by atomic mass is 15.0. The average molecular weight is 713 g/mol. The van der Waals surface area contributed by atoms with Crippen molar-refractivity contribution in [1.29, 1.82) is 0 Å². The van der Waals surface area contributed by atoms with Gasteiger partial charge in [0.25, 0.3) is 0 Å². The lowest BCUT2D eigenvalue weighted by Crippen LogP contribution is -1.94. The van der Waals surface area contributed by atoms with Crippen molar-refractivity contribution in [1.82, 2.24) is 9.13 Å². The summed E-state index contributed by atoms with van der Waals surface area (Å²) in [5, 5.41) is 4.99. The van der Waals surface area contributed by atoms with E-state index in [-0.39, 0.29) is 0 Å². The van der Waals surface area contributed by atoms with Crippen molar-refractivity contribution in [3.63, 3.8) is 0 Å². The Morgan fingerprint density at radius 1 is 0.196 bits per heavy atom. The minimum Gasteiger partial charge on any atom is -0.309 e. The lowest BCUT2D eigenvalue weighted by Gasteiger charge is -2.10. The van der Waals surface area contributed by atoms with Crippen molar-refractivity contribution >= 4 is 43.6 Å². The molecule has 0 saturated heterocycles. The predicted molar refractivity (Wildman–Crippen MR) is 237 cm³/mol. The Labute approximate surface area is 325 Å². The van der Waals surface area contributed by atoms with Crippen molar-refractivity contribution in [2.45, 2.75) is 0 Å². The summed E-state index contributed by atoms with van der Waals surface area (Å²) in [6.45, 7) is 0. The number of rotatable bonds is 6. The Balaban J connectivity index is 1.03. The fourth-order valence-corrected chi connectivity index (χ4v) is 8.59. The monoisotopic (exact) mass is 712 g/mol. The zero-order valence-corrected chi connectivity index (χ0v) is 30.7. The second-order valence-corrected chi connectivity index (χ2v) is 14.6. The van der Waals surface area contributed by atoms with E-state index in [0.29, 0.717) is 0 Å². The van der Waals surface area contributed by atoms with Crippen LogP contribution >= 0.6 is 0 Å². The van der Waals surface area contributed by atoms with Gasteiger partial charge in [0.1, 0.15) is 0 Å². The topological polar surface area (TPSA) is 9.86 Å².